The summed E-state index contributed by atoms with van der Waals surface area (Å²) in [5, 5.41) is 16.2. The summed E-state index contributed by atoms with van der Waals surface area (Å²) < 4.78 is 1.79. The number of aromatic nitrogens is 2. The third-order valence-corrected chi connectivity index (χ3v) is 3.90. The monoisotopic (exact) mass is 279 g/mol. The molecule has 1 heterocycles. The molecule has 2 N–H and O–H groups in total. The van der Waals surface area contributed by atoms with Crippen LogP contribution in [0.25, 0.3) is 0 Å². The van der Waals surface area contributed by atoms with Gasteiger partial charge in [0.1, 0.15) is 0 Å². The molecular formula is C14H21N3O3. The van der Waals surface area contributed by atoms with Gasteiger partial charge in [-0.25, -0.2) is 0 Å². The Hall–Kier alpha value is -1.85. The lowest BCUT2D eigenvalue weighted by atomic mass is 9.78. The molecule has 6 heteroatoms. The zero-order valence-corrected chi connectivity index (χ0v) is 11.7. The summed E-state index contributed by atoms with van der Waals surface area (Å²) in [7, 11) is 0. The molecule has 0 aliphatic heterocycles. The zero-order valence-electron chi connectivity index (χ0n) is 11.7. The number of nitrogens with zero attached hydrogens (tertiary/aromatic N) is 2. The van der Waals surface area contributed by atoms with Gasteiger partial charge in [0.05, 0.1) is 18.0 Å². The van der Waals surface area contributed by atoms with Gasteiger partial charge in [-0.05, 0) is 19.8 Å². The van der Waals surface area contributed by atoms with Crippen molar-refractivity contribution in [1.29, 1.82) is 0 Å². The summed E-state index contributed by atoms with van der Waals surface area (Å²) in [6.45, 7) is 3.19. The van der Waals surface area contributed by atoms with Gasteiger partial charge in [-0.2, -0.15) is 5.10 Å². The average Bonchev–Trinajstić information content (AvgIpc) is 2.92. The number of aryl methyl sites for hydroxylation is 1. The maximum absolute atomic E-state index is 12.2. The van der Waals surface area contributed by atoms with E-state index in [1.165, 1.54) is 0 Å². The van der Waals surface area contributed by atoms with Crippen LogP contribution >= 0.6 is 0 Å². The van der Waals surface area contributed by atoms with Crippen LogP contribution < -0.4 is 5.32 Å². The van der Waals surface area contributed by atoms with Crippen LogP contribution in [0.1, 0.15) is 38.2 Å². The van der Waals surface area contributed by atoms with Crippen LogP contribution in [0.15, 0.2) is 12.4 Å². The lowest BCUT2D eigenvalue weighted by Crippen LogP contribution is -2.39. The molecule has 0 bridgehead atoms. The largest absolute Gasteiger partial charge is 0.481 e. The van der Waals surface area contributed by atoms with Crippen molar-refractivity contribution in [3.63, 3.8) is 0 Å². The first-order valence-corrected chi connectivity index (χ1v) is 7.13. The van der Waals surface area contributed by atoms with Crippen molar-refractivity contribution in [3.8, 4) is 0 Å². The number of carbonyl (C=O) groups is 2. The average molecular weight is 279 g/mol. The van der Waals surface area contributed by atoms with Crippen molar-refractivity contribution in [2.75, 3.05) is 0 Å². The maximum atomic E-state index is 12.2. The topological polar surface area (TPSA) is 84.2 Å². The Bertz CT molecular complexity index is 484. The molecule has 0 saturated heterocycles. The lowest BCUT2D eigenvalue weighted by Gasteiger charge is -2.27. The highest BCUT2D eigenvalue weighted by Gasteiger charge is 2.35. The van der Waals surface area contributed by atoms with E-state index in [0.29, 0.717) is 19.4 Å². The Morgan fingerprint density at radius 1 is 1.40 bits per heavy atom. The Morgan fingerprint density at radius 2 is 2.10 bits per heavy atom. The van der Waals surface area contributed by atoms with Crippen LogP contribution in [0.4, 0.5) is 0 Å². The Morgan fingerprint density at radius 3 is 2.70 bits per heavy atom. The number of carboxylic acid groups (broad SMARTS) is 1. The van der Waals surface area contributed by atoms with Gasteiger partial charge in [0.25, 0.3) is 0 Å². The predicted molar refractivity (Wildman–Crippen MR) is 72.8 cm³/mol. The van der Waals surface area contributed by atoms with Crippen molar-refractivity contribution in [2.24, 2.45) is 11.8 Å². The van der Waals surface area contributed by atoms with Crippen LogP contribution in [0, 0.1) is 11.8 Å². The molecule has 0 radical (unpaired) electrons. The molecule has 1 aliphatic rings. The van der Waals surface area contributed by atoms with Crippen LogP contribution in [0.2, 0.25) is 0 Å². The number of amides is 1. The van der Waals surface area contributed by atoms with E-state index in [0.717, 1.165) is 24.9 Å². The molecule has 1 saturated carbocycles. The van der Waals surface area contributed by atoms with Gasteiger partial charge in [-0.3, -0.25) is 14.3 Å². The minimum Gasteiger partial charge on any atom is -0.481 e. The quantitative estimate of drug-likeness (QED) is 0.853. The molecule has 0 spiro atoms. The molecule has 2 rings (SSSR count). The molecule has 2 atom stereocenters. The van der Waals surface area contributed by atoms with Crippen LogP contribution in [-0.2, 0) is 22.7 Å². The second-order valence-electron chi connectivity index (χ2n) is 5.26. The fourth-order valence-electron chi connectivity index (χ4n) is 2.73. The SMILES string of the molecule is CCn1cc(CNC(=O)[C@@H]2CCCC[C@@H]2C(=O)O)cn1. The number of aliphatic carboxylic acids is 1. The van der Waals surface area contributed by atoms with Crippen molar-refractivity contribution in [3.05, 3.63) is 18.0 Å². The van der Waals surface area contributed by atoms with Gasteiger partial charge in [-0.1, -0.05) is 12.8 Å². The summed E-state index contributed by atoms with van der Waals surface area (Å²) in [5.41, 5.74) is 0.933. The number of carbonyl (C=O) groups excluding carboxylic acids is 1. The second-order valence-corrected chi connectivity index (χ2v) is 5.26. The van der Waals surface area contributed by atoms with Gasteiger partial charge < -0.3 is 10.4 Å². The normalized spacial score (nSPS) is 22.4. The summed E-state index contributed by atoms with van der Waals surface area (Å²) in [6, 6.07) is 0. The summed E-state index contributed by atoms with van der Waals surface area (Å²) in [4.78, 5) is 23.4. The maximum Gasteiger partial charge on any atom is 0.307 e. The third kappa shape index (κ3) is 3.37. The van der Waals surface area contributed by atoms with E-state index in [9.17, 15) is 14.7 Å². The highest BCUT2D eigenvalue weighted by molar-refractivity contribution is 5.84. The third-order valence-electron chi connectivity index (χ3n) is 3.90. The lowest BCUT2D eigenvalue weighted by molar-refractivity contribution is -0.148. The van der Waals surface area contributed by atoms with Crippen molar-refractivity contribution in [2.45, 2.75) is 45.7 Å². The Labute approximate surface area is 118 Å². The predicted octanol–water partition coefficient (Wildman–Crippen LogP) is 1.41. The van der Waals surface area contributed by atoms with E-state index < -0.39 is 17.8 Å². The Kier molecular flexibility index (Phi) is 4.76. The summed E-state index contributed by atoms with van der Waals surface area (Å²) in [5.74, 6) is -1.95. The number of hydrogen-bond donors (Lipinski definition) is 2. The molecule has 1 aromatic rings. The minimum absolute atomic E-state index is 0.152. The highest BCUT2D eigenvalue weighted by Crippen LogP contribution is 2.30. The van der Waals surface area contributed by atoms with Gasteiger partial charge >= 0.3 is 5.97 Å². The molecule has 1 fully saturated rings. The fourth-order valence-corrected chi connectivity index (χ4v) is 2.73. The standard InChI is InChI=1S/C14H21N3O3/c1-2-17-9-10(8-16-17)7-15-13(18)11-5-3-4-6-12(11)14(19)20/h8-9,11-12H,2-7H2,1H3,(H,15,18)(H,19,20)/t11-,12+/m1/s1. The number of rotatable bonds is 5. The van der Waals surface area contributed by atoms with E-state index in [1.807, 2.05) is 13.1 Å². The molecule has 1 aliphatic carbocycles. The summed E-state index contributed by atoms with van der Waals surface area (Å²) in [6.07, 6.45) is 6.69. The molecule has 110 valence electrons. The molecule has 0 unspecified atom stereocenters. The van der Waals surface area contributed by atoms with E-state index in [4.69, 9.17) is 0 Å². The van der Waals surface area contributed by atoms with Gasteiger partial charge in [0.2, 0.25) is 5.91 Å². The van der Waals surface area contributed by atoms with E-state index in [2.05, 4.69) is 10.4 Å². The summed E-state index contributed by atoms with van der Waals surface area (Å²) >= 11 is 0. The first-order chi connectivity index (χ1) is 9.61. The molecule has 1 aromatic heterocycles. The minimum atomic E-state index is -0.858. The van der Waals surface area contributed by atoms with E-state index in [-0.39, 0.29) is 5.91 Å². The van der Waals surface area contributed by atoms with Crippen LogP contribution in [-0.4, -0.2) is 26.8 Å². The van der Waals surface area contributed by atoms with E-state index >= 15 is 0 Å². The van der Waals surface area contributed by atoms with Gasteiger partial charge in [0, 0.05) is 24.8 Å². The molecule has 1 amide bonds. The van der Waals surface area contributed by atoms with Gasteiger partial charge in [-0.15, -0.1) is 0 Å². The zero-order chi connectivity index (χ0) is 14.5. The number of hydrogen-bond acceptors (Lipinski definition) is 3. The van der Waals surface area contributed by atoms with Crippen molar-refractivity contribution >= 4 is 11.9 Å². The second kappa shape index (κ2) is 6.54. The number of carboxylic acids is 1. The number of nitrogens with one attached hydrogen (secondary N) is 1. The fraction of sp³-hybridized carbons (Fsp3) is 0.643. The molecule has 0 aromatic carbocycles. The van der Waals surface area contributed by atoms with Crippen molar-refractivity contribution in [1.82, 2.24) is 15.1 Å². The van der Waals surface area contributed by atoms with Crippen molar-refractivity contribution < 1.29 is 14.7 Å². The Balaban J connectivity index is 1.91. The first kappa shape index (κ1) is 14.6. The van der Waals surface area contributed by atoms with E-state index in [1.54, 1.807) is 10.9 Å². The first-order valence-electron chi connectivity index (χ1n) is 7.13. The molecule has 6 nitrogen and oxygen atoms in total. The van der Waals surface area contributed by atoms with Gasteiger partial charge in [0.15, 0.2) is 0 Å². The van der Waals surface area contributed by atoms with Crippen LogP contribution in [0.5, 0.6) is 0 Å². The molecule has 20 heavy (non-hydrogen) atoms. The smallest absolute Gasteiger partial charge is 0.307 e. The highest BCUT2D eigenvalue weighted by atomic mass is 16.4. The van der Waals surface area contributed by atoms with Crippen LogP contribution in [0.3, 0.4) is 0 Å². The molecular weight excluding hydrogens is 258 g/mol.